The number of aromatic nitrogens is 1. The molecule has 0 atom stereocenters. The first-order valence-electron chi connectivity index (χ1n) is 2.56. The van der Waals surface area contributed by atoms with Crippen LogP contribution < -0.4 is 5.32 Å². The number of thiazole rings is 1. The largest absolute Gasteiger partial charge is 0.315 e. The minimum atomic E-state index is -0.133. The minimum Gasteiger partial charge on any atom is -0.315 e. The van der Waals surface area contributed by atoms with Crippen molar-refractivity contribution in [3.8, 4) is 0 Å². The summed E-state index contributed by atoms with van der Waals surface area (Å²) in [4.78, 5) is 14.2. The van der Waals surface area contributed by atoms with Crippen molar-refractivity contribution in [2.24, 2.45) is 0 Å². The van der Waals surface area contributed by atoms with E-state index in [1.165, 1.54) is 18.3 Å². The van der Waals surface area contributed by atoms with Gasteiger partial charge in [0.1, 0.15) is 5.00 Å². The molecular weight excluding hydrogens is 172 g/mol. The Morgan fingerprint density at radius 1 is 1.90 bits per heavy atom. The lowest BCUT2D eigenvalue weighted by molar-refractivity contribution is -0.114. The maximum Gasteiger partial charge on any atom is 0.221 e. The number of hydrogen-bond donors (Lipinski definition) is 1. The lowest BCUT2D eigenvalue weighted by Crippen LogP contribution is -2.04. The highest BCUT2D eigenvalue weighted by molar-refractivity contribution is 7.14. The molecule has 1 aromatic heterocycles. The van der Waals surface area contributed by atoms with Gasteiger partial charge in [0.25, 0.3) is 0 Å². The van der Waals surface area contributed by atoms with Crippen molar-refractivity contribution in [1.29, 1.82) is 0 Å². The zero-order valence-electron chi connectivity index (χ0n) is 5.22. The summed E-state index contributed by atoms with van der Waals surface area (Å²) in [6.45, 7) is 1.43. The number of carbonyl (C=O) groups is 1. The summed E-state index contributed by atoms with van der Waals surface area (Å²) in [5, 5.41) is 3.49. The van der Waals surface area contributed by atoms with Crippen molar-refractivity contribution < 1.29 is 4.79 Å². The molecule has 0 aliphatic rings. The first-order chi connectivity index (χ1) is 4.70. The number of amides is 1. The van der Waals surface area contributed by atoms with Crippen molar-refractivity contribution in [2.75, 3.05) is 5.32 Å². The standard InChI is InChI=1S/C5H5ClN2OS/c1-3(9)8-5-4(6)7-2-10-5/h2H,1H3,(H,8,9). The van der Waals surface area contributed by atoms with Gasteiger partial charge in [-0.05, 0) is 0 Å². The molecule has 1 heterocycles. The molecule has 1 amide bonds. The average molecular weight is 177 g/mol. The van der Waals surface area contributed by atoms with Crippen LogP contribution in [0.3, 0.4) is 0 Å². The van der Waals surface area contributed by atoms with Gasteiger partial charge in [0, 0.05) is 6.92 Å². The lowest BCUT2D eigenvalue weighted by atomic mass is 10.7. The Bertz CT molecular complexity index is 248. The van der Waals surface area contributed by atoms with Crippen LogP contribution in [0.25, 0.3) is 0 Å². The van der Waals surface area contributed by atoms with Gasteiger partial charge < -0.3 is 5.32 Å². The molecule has 1 rings (SSSR count). The van der Waals surface area contributed by atoms with E-state index in [0.717, 1.165) is 0 Å². The van der Waals surface area contributed by atoms with Crippen LogP contribution in [-0.4, -0.2) is 10.9 Å². The number of nitrogens with zero attached hydrogens (tertiary/aromatic N) is 1. The Morgan fingerprint density at radius 2 is 2.60 bits per heavy atom. The van der Waals surface area contributed by atoms with E-state index in [2.05, 4.69) is 10.3 Å². The zero-order chi connectivity index (χ0) is 7.56. The maximum absolute atomic E-state index is 10.5. The van der Waals surface area contributed by atoms with Crippen LogP contribution in [0.15, 0.2) is 5.51 Å². The highest BCUT2D eigenvalue weighted by Gasteiger charge is 2.02. The van der Waals surface area contributed by atoms with E-state index < -0.39 is 0 Å². The van der Waals surface area contributed by atoms with Gasteiger partial charge in [0.2, 0.25) is 5.91 Å². The Balaban J connectivity index is 2.74. The number of nitrogens with one attached hydrogen (secondary N) is 1. The van der Waals surface area contributed by atoms with Crippen LogP contribution in [0.5, 0.6) is 0 Å². The van der Waals surface area contributed by atoms with Crippen LogP contribution in [0, 0.1) is 0 Å². The van der Waals surface area contributed by atoms with Gasteiger partial charge in [-0.3, -0.25) is 4.79 Å². The monoisotopic (exact) mass is 176 g/mol. The minimum absolute atomic E-state index is 0.133. The third-order valence-corrected chi connectivity index (χ3v) is 1.95. The van der Waals surface area contributed by atoms with Gasteiger partial charge in [0.15, 0.2) is 5.15 Å². The normalized spacial score (nSPS) is 9.40. The molecule has 54 valence electrons. The first-order valence-corrected chi connectivity index (χ1v) is 3.82. The van der Waals surface area contributed by atoms with Crippen LogP contribution >= 0.6 is 22.9 Å². The van der Waals surface area contributed by atoms with Gasteiger partial charge in [0.05, 0.1) is 5.51 Å². The number of hydrogen-bond acceptors (Lipinski definition) is 3. The topological polar surface area (TPSA) is 42.0 Å². The third kappa shape index (κ3) is 1.68. The smallest absolute Gasteiger partial charge is 0.221 e. The summed E-state index contributed by atoms with van der Waals surface area (Å²) in [6.07, 6.45) is 0. The van der Waals surface area contributed by atoms with E-state index in [1.807, 2.05) is 0 Å². The molecule has 0 radical (unpaired) electrons. The Kier molecular flexibility index (Phi) is 2.24. The van der Waals surface area contributed by atoms with Gasteiger partial charge in [-0.1, -0.05) is 11.6 Å². The van der Waals surface area contributed by atoms with Gasteiger partial charge in [-0.25, -0.2) is 4.98 Å². The van der Waals surface area contributed by atoms with E-state index >= 15 is 0 Å². The average Bonchev–Trinajstić information content (AvgIpc) is 2.15. The van der Waals surface area contributed by atoms with Crippen LogP contribution in [-0.2, 0) is 4.79 Å². The van der Waals surface area contributed by atoms with Gasteiger partial charge >= 0.3 is 0 Å². The molecular formula is C5H5ClN2OS. The number of rotatable bonds is 1. The number of halogens is 1. The van der Waals surface area contributed by atoms with Gasteiger partial charge in [-0.15, -0.1) is 11.3 Å². The van der Waals surface area contributed by atoms with Crippen LogP contribution in [0.1, 0.15) is 6.92 Å². The highest BCUT2D eigenvalue weighted by Crippen LogP contribution is 2.24. The molecule has 1 aromatic rings. The predicted molar refractivity (Wildman–Crippen MR) is 41.4 cm³/mol. The fraction of sp³-hybridized carbons (Fsp3) is 0.200. The van der Waals surface area contributed by atoms with E-state index in [1.54, 1.807) is 5.51 Å². The van der Waals surface area contributed by atoms with E-state index in [-0.39, 0.29) is 5.91 Å². The zero-order valence-corrected chi connectivity index (χ0v) is 6.79. The lowest BCUT2D eigenvalue weighted by Gasteiger charge is -1.94. The molecule has 3 nitrogen and oxygen atoms in total. The molecule has 0 spiro atoms. The molecule has 0 aromatic carbocycles. The first kappa shape index (κ1) is 7.50. The summed E-state index contributed by atoms with van der Waals surface area (Å²) in [6, 6.07) is 0. The molecule has 0 unspecified atom stereocenters. The fourth-order valence-electron chi connectivity index (χ4n) is 0.473. The summed E-state index contributed by atoms with van der Waals surface area (Å²) >= 11 is 6.87. The molecule has 0 saturated carbocycles. The highest BCUT2D eigenvalue weighted by atomic mass is 35.5. The van der Waals surface area contributed by atoms with E-state index in [4.69, 9.17) is 11.6 Å². The van der Waals surface area contributed by atoms with Crippen molar-refractivity contribution in [1.82, 2.24) is 4.98 Å². The summed E-state index contributed by atoms with van der Waals surface area (Å²) in [5.41, 5.74) is 1.58. The van der Waals surface area contributed by atoms with Crippen LogP contribution in [0.2, 0.25) is 5.15 Å². The Hall–Kier alpha value is -0.610. The summed E-state index contributed by atoms with van der Waals surface area (Å²) in [7, 11) is 0. The van der Waals surface area contributed by atoms with Crippen molar-refractivity contribution in [3.05, 3.63) is 10.7 Å². The molecule has 0 aliphatic heterocycles. The molecule has 1 N–H and O–H groups in total. The van der Waals surface area contributed by atoms with Gasteiger partial charge in [-0.2, -0.15) is 0 Å². The summed E-state index contributed by atoms with van der Waals surface area (Å²) < 4.78 is 0. The molecule has 0 fully saturated rings. The Morgan fingerprint density at radius 3 is 3.00 bits per heavy atom. The number of anilines is 1. The van der Waals surface area contributed by atoms with E-state index in [0.29, 0.717) is 10.2 Å². The van der Waals surface area contributed by atoms with E-state index in [9.17, 15) is 4.79 Å². The van der Waals surface area contributed by atoms with Crippen molar-refractivity contribution in [3.63, 3.8) is 0 Å². The molecule has 0 aliphatic carbocycles. The molecule has 0 saturated heterocycles. The molecule has 0 bridgehead atoms. The number of carbonyl (C=O) groups excluding carboxylic acids is 1. The second kappa shape index (κ2) is 2.98. The summed E-state index contributed by atoms with van der Waals surface area (Å²) in [5.74, 6) is -0.133. The second-order valence-electron chi connectivity index (χ2n) is 1.65. The maximum atomic E-state index is 10.5. The fourth-order valence-corrected chi connectivity index (χ4v) is 1.38. The SMILES string of the molecule is CC(=O)Nc1scnc1Cl. The molecule has 10 heavy (non-hydrogen) atoms. The Labute approximate surface area is 67.0 Å². The van der Waals surface area contributed by atoms with Crippen molar-refractivity contribution >= 4 is 33.8 Å². The van der Waals surface area contributed by atoms with Crippen LogP contribution in [0.4, 0.5) is 5.00 Å². The third-order valence-electron chi connectivity index (χ3n) is 0.814. The second-order valence-corrected chi connectivity index (χ2v) is 2.87. The molecule has 5 heteroatoms. The predicted octanol–water partition coefficient (Wildman–Crippen LogP) is 1.75. The quantitative estimate of drug-likeness (QED) is 0.709. The van der Waals surface area contributed by atoms with Crippen molar-refractivity contribution in [2.45, 2.75) is 6.92 Å².